The first-order valence-corrected chi connectivity index (χ1v) is 7.18. The predicted molar refractivity (Wildman–Crippen MR) is 79.0 cm³/mol. The Morgan fingerprint density at radius 2 is 2.25 bits per heavy atom. The average Bonchev–Trinajstić information content (AvgIpc) is 3.08. The summed E-state index contributed by atoms with van der Waals surface area (Å²) in [5, 5.41) is 10.6. The van der Waals surface area contributed by atoms with Crippen molar-refractivity contribution < 1.29 is 4.79 Å². The number of benzene rings is 1. The lowest BCUT2D eigenvalue weighted by molar-refractivity contribution is 0.0957. The third kappa shape index (κ3) is 2.42. The summed E-state index contributed by atoms with van der Waals surface area (Å²) >= 11 is 1.53. The highest BCUT2D eigenvalue weighted by atomic mass is 32.1. The average molecular weight is 286 g/mol. The number of hydrogen-bond acceptors (Lipinski definition) is 4. The Morgan fingerprint density at radius 1 is 1.40 bits per heavy atom. The summed E-state index contributed by atoms with van der Waals surface area (Å²) in [5.74, 6) is 0.751. The van der Waals surface area contributed by atoms with Crippen molar-refractivity contribution in [3.63, 3.8) is 0 Å². The maximum Gasteiger partial charge on any atom is 0.261 e. The van der Waals surface area contributed by atoms with Crippen LogP contribution in [0.3, 0.4) is 0 Å². The number of carbonyl (C=O) groups is 1. The minimum absolute atomic E-state index is 0.0248. The molecular weight excluding hydrogens is 272 g/mol. The van der Waals surface area contributed by atoms with E-state index >= 15 is 0 Å². The van der Waals surface area contributed by atoms with Gasteiger partial charge in [0.2, 0.25) is 0 Å². The quantitative estimate of drug-likeness (QED) is 0.773. The summed E-state index contributed by atoms with van der Waals surface area (Å²) < 4.78 is 1.14. The Hall–Kier alpha value is -2.21. The Kier molecular flexibility index (Phi) is 3.47. The third-order valence-corrected chi connectivity index (χ3v) is 4.43. The van der Waals surface area contributed by atoms with E-state index in [1.165, 1.54) is 17.7 Å². The number of rotatable bonds is 4. The number of H-pyrrole nitrogens is 1. The molecule has 1 amide bonds. The van der Waals surface area contributed by atoms with Gasteiger partial charge in [-0.05, 0) is 23.9 Å². The highest BCUT2D eigenvalue weighted by molar-refractivity contribution is 7.21. The van der Waals surface area contributed by atoms with Gasteiger partial charge in [0.1, 0.15) is 12.2 Å². The van der Waals surface area contributed by atoms with E-state index in [1.807, 2.05) is 31.2 Å². The highest BCUT2D eigenvalue weighted by Gasteiger charge is 2.14. The summed E-state index contributed by atoms with van der Waals surface area (Å²) in [4.78, 5) is 17.0. The summed E-state index contributed by atoms with van der Waals surface area (Å²) in [6, 6.07) is 8.07. The van der Waals surface area contributed by atoms with Gasteiger partial charge in [0, 0.05) is 17.7 Å². The van der Waals surface area contributed by atoms with Crippen molar-refractivity contribution in [1.29, 1.82) is 0 Å². The molecule has 3 rings (SSSR count). The standard InChI is InChI=1S/C14H14N4OS/c1-9-10-4-2-3-5-11(10)20-13(9)14(19)15-7-6-12-16-8-17-18-12/h2-5,8H,6-7H2,1H3,(H,15,19)(H,16,17,18). The summed E-state index contributed by atoms with van der Waals surface area (Å²) in [5.41, 5.74) is 1.04. The van der Waals surface area contributed by atoms with E-state index in [9.17, 15) is 4.79 Å². The number of nitrogens with zero attached hydrogens (tertiary/aromatic N) is 2. The van der Waals surface area contributed by atoms with Gasteiger partial charge in [0.15, 0.2) is 0 Å². The van der Waals surface area contributed by atoms with E-state index in [4.69, 9.17) is 0 Å². The number of aromatic nitrogens is 3. The fourth-order valence-electron chi connectivity index (χ4n) is 2.12. The normalized spacial score (nSPS) is 10.8. The number of thiophene rings is 1. The van der Waals surface area contributed by atoms with E-state index in [-0.39, 0.29) is 5.91 Å². The topological polar surface area (TPSA) is 70.7 Å². The van der Waals surface area contributed by atoms with Crippen molar-refractivity contribution >= 4 is 27.3 Å². The van der Waals surface area contributed by atoms with Gasteiger partial charge >= 0.3 is 0 Å². The number of aryl methyl sites for hydroxylation is 1. The Morgan fingerprint density at radius 3 is 3.00 bits per heavy atom. The molecule has 3 aromatic rings. The molecule has 0 aliphatic rings. The van der Waals surface area contributed by atoms with E-state index in [1.54, 1.807) is 0 Å². The van der Waals surface area contributed by atoms with Crippen molar-refractivity contribution in [2.75, 3.05) is 6.54 Å². The molecule has 0 unspecified atom stereocenters. The number of aromatic amines is 1. The number of fused-ring (bicyclic) bond motifs is 1. The molecule has 0 spiro atoms. The van der Waals surface area contributed by atoms with Gasteiger partial charge in [-0.25, -0.2) is 4.98 Å². The molecule has 0 bridgehead atoms. The maximum absolute atomic E-state index is 12.2. The molecule has 0 fully saturated rings. The molecule has 0 saturated heterocycles. The van der Waals surface area contributed by atoms with Crippen molar-refractivity contribution in [3.8, 4) is 0 Å². The van der Waals surface area contributed by atoms with Crippen molar-refractivity contribution in [2.45, 2.75) is 13.3 Å². The second-order valence-electron chi connectivity index (χ2n) is 4.49. The van der Waals surface area contributed by atoms with Gasteiger partial charge in [-0.1, -0.05) is 18.2 Å². The SMILES string of the molecule is Cc1c(C(=O)NCCc2ncn[nH]2)sc2ccccc12. The lowest BCUT2D eigenvalue weighted by atomic mass is 10.1. The second kappa shape index (κ2) is 5.42. The van der Waals surface area contributed by atoms with Crippen LogP contribution >= 0.6 is 11.3 Å². The van der Waals surface area contributed by atoms with Crippen LogP contribution in [0.4, 0.5) is 0 Å². The Labute approximate surface area is 120 Å². The van der Waals surface area contributed by atoms with Crippen LogP contribution in [0.1, 0.15) is 21.1 Å². The Bertz CT molecular complexity index is 733. The monoisotopic (exact) mass is 286 g/mol. The number of carbonyl (C=O) groups excluding carboxylic acids is 1. The van der Waals surface area contributed by atoms with Gasteiger partial charge in [-0.2, -0.15) is 5.10 Å². The number of nitrogens with one attached hydrogen (secondary N) is 2. The van der Waals surface area contributed by atoms with Crippen LogP contribution in [-0.4, -0.2) is 27.6 Å². The summed E-state index contributed by atoms with van der Waals surface area (Å²) in [6.07, 6.45) is 2.11. The zero-order valence-corrected chi connectivity index (χ0v) is 11.8. The fraction of sp³-hybridized carbons (Fsp3) is 0.214. The molecule has 0 radical (unpaired) electrons. The Balaban J connectivity index is 1.71. The van der Waals surface area contributed by atoms with Crippen LogP contribution in [0.5, 0.6) is 0 Å². The zero-order valence-electron chi connectivity index (χ0n) is 11.0. The largest absolute Gasteiger partial charge is 0.351 e. The molecule has 0 aliphatic carbocycles. The molecule has 0 aliphatic heterocycles. The highest BCUT2D eigenvalue weighted by Crippen LogP contribution is 2.30. The molecule has 2 aromatic heterocycles. The van der Waals surface area contributed by atoms with Crippen LogP contribution < -0.4 is 5.32 Å². The van der Waals surface area contributed by atoms with Gasteiger partial charge in [-0.15, -0.1) is 11.3 Å². The van der Waals surface area contributed by atoms with Crippen LogP contribution in [0.25, 0.3) is 10.1 Å². The van der Waals surface area contributed by atoms with E-state index in [0.717, 1.165) is 26.4 Å². The lowest BCUT2D eigenvalue weighted by Crippen LogP contribution is -2.25. The van der Waals surface area contributed by atoms with Crippen LogP contribution in [0.2, 0.25) is 0 Å². The molecule has 0 atom stereocenters. The number of amides is 1. The second-order valence-corrected chi connectivity index (χ2v) is 5.54. The zero-order chi connectivity index (χ0) is 13.9. The first-order valence-electron chi connectivity index (χ1n) is 6.36. The van der Waals surface area contributed by atoms with Gasteiger partial charge < -0.3 is 5.32 Å². The van der Waals surface area contributed by atoms with E-state index in [0.29, 0.717) is 13.0 Å². The van der Waals surface area contributed by atoms with Gasteiger partial charge in [-0.3, -0.25) is 9.89 Å². The van der Waals surface area contributed by atoms with Gasteiger partial charge in [0.05, 0.1) is 4.88 Å². The molecule has 6 heteroatoms. The molecule has 2 N–H and O–H groups in total. The van der Waals surface area contributed by atoms with E-state index < -0.39 is 0 Å². The molecular formula is C14H14N4OS. The van der Waals surface area contributed by atoms with Crippen molar-refractivity contribution in [2.24, 2.45) is 0 Å². The predicted octanol–water partition coefficient (Wildman–Crippen LogP) is 2.30. The van der Waals surface area contributed by atoms with E-state index in [2.05, 4.69) is 20.5 Å². The number of hydrogen-bond donors (Lipinski definition) is 2. The summed E-state index contributed by atoms with van der Waals surface area (Å²) in [6.45, 7) is 2.53. The molecule has 5 nitrogen and oxygen atoms in total. The molecule has 0 saturated carbocycles. The first kappa shape index (κ1) is 12.8. The maximum atomic E-state index is 12.2. The van der Waals surface area contributed by atoms with Crippen molar-refractivity contribution in [1.82, 2.24) is 20.5 Å². The summed E-state index contributed by atoms with van der Waals surface area (Å²) in [7, 11) is 0. The fourth-order valence-corrected chi connectivity index (χ4v) is 3.24. The molecule has 102 valence electrons. The van der Waals surface area contributed by atoms with Crippen LogP contribution in [0, 0.1) is 6.92 Å². The van der Waals surface area contributed by atoms with Crippen LogP contribution in [0.15, 0.2) is 30.6 Å². The smallest absolute Gasteiger partial charge is 0.261 e. The third-order valence-electron chi connectivity index (χ3n) is 3.16. The first-order chi connectivity index (χ1) is 9.75. The molecule has 2 heterocycles. The molecule has 20 heavy (non-hydrogen) atoms. The minimum Gasteiger partial charge on any atom is -0.351 e. The van der Waals surface area contributed by atoms with Gasteiger partial charge in [0.25, 0.3) is 5.91 Å². The molecule has 1 aromatic carbocycles. The van der Waals surface area contributed by atoms with Crippen LogP contribution in [-0.2, 0) is 6.42 Å². The minimum atomic E-state index is -0.0248. The van der Waals surface area contributed by atoms with Crippen molar-refractivity contribution in [3.05, 3.63) is 46.9 Å². The lowest BCUT2D eigenvalue weighted by Gasteiger charge is -2.02.